The molecule has 0 saturated carbocycles. The van der Waals surface area contributed by atoms with Gasteiger partial charge in [-0.3, -0.25) is 0 Å². The van der Waals surface area contributed by atoms with E-state index in [1.807, 2.05) is 13.0 Å². The van der Waals surface area contributed by atoms with Crippen LogP contribution in [-0.2, 0) is 6.42 Å². The van der Waals surface area contributed by atoms with Gasteiger partial charge in [0, 0.05) is 58.4 Å². The molecular weight excluding hydrogens is 394 g/mol. The molecular formula is C21H33N9O. The average Bonchev–Trinajstić information content (AvgIpc) is 2.73. The number of likely N-dealkylation sites (N-methyl/N-ethyl adjacent to an activating group) is 1. The maximum atomic E-state index is 9.21. The van der Waals surface area contributed by atoms with E-state index in [1.54, 1.807) is 6.20 Å². The van der Waals surface area contributed by atoms with Crippen LogP contribution in [0.25, 0.3) is 0 Å². The largest absolute Gasteiger partial charge is 0.396 e. The molecule has 2 aliphatic heterocycles. The van der Waals surface area contributed by atoms with Crippen LogP contribution in [0.1, 0.15) is 25.5 Å². The summed E-state index contributed by atoms with van der Waals surface area (Å²) in [5.74, 6) is 3.85. The third kappa shape index (κ3) is 4.85. The molecule has 1 N–H and O–H groups in total. The highest BCUT2D eigenvalue weighted by Crippen LogP contribution is 2.28. The van der Waals surface area contributed by atoms with Gasteiger partial charge in [-0.2, -0.15) is 15.0 Å². The van der Waals surface area contributed by atoms with Crippen LogP contribution in [-0.4, -0.2) is 99.9 Å². The molecule has 0 unspecified atom stereocenters. The lowest BCUT2D eigenvalue weighted by atomic mass is 9.99. The molecule has 0 radical (unpaired) electrons. The molecule has 0 bridgehead atoms. The van der Waals surface area contributed by atoms with E-state index in [-0.39, 0.29) is 12.1 Å². The van der Waals surface area contributed by atoms with E-state index in [0.29, 0.717) is 12.2 Å². The number of aryl methyl sites for hydroxylation is 1. The lowest BCUT2D eigenvalue weighted by molar-refractivity contribution is 0.296. The van der Waals surface area contributed by atoms with Crippen molar-refractivity contribution in [3.63, 3.8) is 0 Å². The molecule has 0 aliphatic carbocycles. The molecule has 0 amide bonds. The molecule has 2 fully saturated rings. The molecule has 2 aromatic rings. The second kappa shape index (κ2) is 8.88. The second-order valence-corrected chi connectivity index (χ2v) is 8.96. The van der Waals surface area contributed by atoms with Gasteiger partial charge < -0.3 is 24.7 Å². The van der Waals surface area contributed by atoms with Gasteiger partial charge in [-0.15, -0.1) is 0 Å². The normalized spacial score (nSPS) is 19.7. The summed E-state index contributed by atoms with van der Waals surface area (Å²) in [6.07, 6.45) is 2.24. The van der Waals surface area contributed by atoms with Crippen LogP contribution in [0.2, 0.25) is 0 Å². The molecule has 0 spiro atoms. The molecule has 2 saturated heterocycles. The van der Waals surface area contributed by atoms with E-state index in [2.05, 4.69) is 60.4 Å². The van der Waals surface area contributed by atoms with Crippen LogP contribution >= 0.6 is 0 Å². The van der Waals surface area contributed by atoms with Crippen LogP contribution in [0.4, 0.5) is 17.7 Å². The van der Waals surface area contributed by atoms with Crippen molar-refractivity contribution < 1.29 is 5.11 Å². The Balaban J connectivity index is 1.52. The summed E-state index contributed by atoms with van der Waals surface area (Å²) in [7, 11) is 2.15. The molecule has 4 rings (SSSR count). The van der Waals surface area contributed by atoms with E-state index in [9.17, 15) is 5.11 Å². The number of aliphatic hydroxyl groups excluding tert-OH is 1. The van der Waals surface area contributed by atoms with Crippen molar-refractivity contribution in [2.45, 2.75) is 32.7 Å². The Labute approximate surface area is 184 Å². The Bertz CT molecular complexity index is 898. The number of anilines is 3. The summed E-state index contributed by atoms with van der Waals surface area (Å²) in [6.45, 7) is 12.7. The number of piperazine rings is 2. The lowest BCUT2D eigenvalue weighted by Gasteiger charge is -2.47. The van der Waals surface area contributed by atoms with E-state index in [0.717, 1.165) is 69.4 Å². The third-order valence-electron chi connectivity index (χ3n) is 6.00. The topological polar surface area (TPSA) is 97.6 Å². The fraction of sp³-hybridized carbons (Fsp3) is 0.667. The van der Waals surface area contributed by atoms with Gasteiger partial charge in [0.25, 0.3) is 0 Å². The van der Waals surface area contributed by atoms with E-state index < -0.39 is 0 Å². The van der Waals surface area contributed by atoms with Crippen LogP contribution in [0.3, 0.4) is 0 Å². The van der Waals surface area contributed by atoms with E-state index >= 15 is 0 Å². The Morgan fingerprint density at radius 2 is 1.61 bits per heavy atom. The molecule has 10 heteroatoms. The van der Waals surface area contributed by atoms with Crippen LogP contribution in [0.5, 0.6) is 0 Å². The first-order chi connectivity index (χ1) is 14.9. The number of aromatic nitrogens is 5. The smallest absolute Gasteiger partial charge is 0.230 e. The quantitative estimate of drug-likeness (QED) is 0.720. The Morgan fingerprint density at radius 1 is 0.935 bits per heavy atom. The highest BCUT2D eigenvalue weighted by atomic mass is 16.3. The molecule has 4 heterocycles. The monoisotopic (exact) mass is 427 g/mol. The number of aliphatic hydroxyl groups is 1. The highest BCUT2D eigenvalue weighted by molar-refractivity contribution is 5.47. The summed E-state index contributed by atoms with van der Waals surface area (Å²) >= 11 is 0. The SMILES string of the molecule is Cc1nc(N2CCN(C)CC2)nc(N2CCN(c3ccnc(CCO)n3)C(C)(C)C2)n1. The first kappa shape index (κ1) is 21.6. The second-order valence-electron chi connectivity index (χ2n) is 8.96. The van der Waals surface area contributed by atoms with Gasteiger partial charge in [0.1, 0.15) is 17.5 Å². The third-order valence-corrected chi connectivity index (χ3v) is 6.00. The van der Waals surface area contributed by atoms with Crippen LogP contribution in [0, 0.1) is 6.92 Å². The van der Waals surface area contributed by atoms with Gasteiger partial charge in [0.15, 0.2) is 0 Å². The van der Waals surface area contributed by atoms with Gasteiger partial charge in [-0.25, -0.2) is 9.97 Å². The molecule has 10 nitrogen and oxygen atoms in total. The Kier molecular flexibility index (Phi) is 6.19. The summed E-state index contributed by atoms with van der Waals surface area (Å²) in [5, 5.41) is 9.21. The molecule has 0 aromatic carbocycles. The minimum atomic E-state index is -0.169. The summed E-state index contributed by atoms with van der Waals surface area (Å²) in [6, 6.07) is 1.94. The number of rotatable bonds is 5. The summed E-state index contributed by atoms with van der Waals surface area (Å²) in [5.41, 5.74) is -0.169. The van der Waals surface area contributed by atoms with Crippen LogP contribution < -0.4 is 14.7 Å². The maximum absolute atomic E-state index is 9.21. The number of hydrogen-bond acceptors (Lipinski definition) is 10. The van der Waals surface area contributed by atoms with Gasteiger partial charge in [0.2, 0.25) is 11.9 Å². The fourth-order valence-electron chi connectivity index (χ4n) is 4.25. The molecule has 2 aliphatic rings. The zero-order chi connectivity index (χ0) is 22.0. The maximum Gasteiger partial charge on any atom is 0.230 e. The molecule has 168 valence electrons. The van der Waals surface area contributed by atoms with E-state index in [4.69, 9.17) is 4.98 Å². The molecule has 2 aromatic heterocycles. The molecule has 0 atom stereocenters. The predicted octanol–water partition coefficient (Wildman–Crippen LogP) is 0.362. The first-order valence-electron chi connectivity index (χ1n) is 11.0. The standard InChI is InChI=1S/C21H33N9O/c1-16-23-19(28-10-8-27(4)9-11-28)26-20(24-16)29-12-13-30(21(2,3)15-29)18-5-7-22-17(25-18)6-14-31/h5,7,31H,6,8-15H2,1-4H3. The van der Waals surface area contributed by atoms with Gasteiger partial charge in [0.05, 0.1) is 12.1 Å². The lowest BCUT2D eigenvalue weighted by Crippen LogP contribution is -2.60. The minimum Gasteiger partial charge on any atom is -0.396 e. The van der Waals surface area contributed by atoms with E-state index in [1.165, 1.54) is 0 Å². The summed E-state index contributed by atoms with van der Waals surface area (Å²) in [4.78, 5) is 32.2. The van der Waals surface area contributed by atoms with Crippen LogP contribution in [0.15, 0.2) is 12.3 Å². The fourth-order valence-corrected chi connectivity index (χ4v) is 4.25. The Hall–Kier alpha value is -2.59. The van der Waals surface area contributed by atoms with Gasteiger partial charge >= 0.3 is 0 Å². The number of hydrogen-bond donors (Lipinski definition) is 1. The van der Waals surface area contributed by atoms with Gasteiger partial charge in [-0.1, -0.05) is 0 Å². The van der Waals surface area contributed by atoms with Crippen molar-refractivity contribution in [3.8, 4) is 0 Å². The van der Waals surface area contributed by atoms with Crippen molar-refractivity contribution in [2.75, 3.05) is 74.2 Å². The zero-order valence-electron chi connectivity index (χ0n) is 19.0. The average molecular weight is 428 g/mol. The predicted molar refractivity (Wildman–Crippen MR) is 121 cm³/mol. The highest BCUT2D eigenvalue weighted by Gasteiger charge is 2.36. The van der Waals surface area contributed by atoms with Crippen molar-refractivity contribution >= 4 is 17.7 Å². The van der Waals surface area contributed by atoms with Crippen molar-refractivity contribution in [1.82, 2.24) is 29.8 Å². The minimum absolute atomic E-state index is 0.0506. The van der Waals surface area contributed by atoms with Gasteiger partial charge in [-0.05, 0) is 33.9 Å². The number of nitrogens with zero attached hydrogens (tertiary/aromatic N) is 9. The Morgan fingerprint density at radius 3 is 2.29 bits per heavy atom. The summed E-state index contributed by atoms with van der Waals surface area (Å²) < 4.78 is 0. The first-order valence-corrected chi connectivity index (χ1v) is 11.0. The zero-order valence-corrected chi connectivity index (χ0v) is 19.0. The van der Waals surface area contributed by atoms with Crippen molar-refractivity contribution in [1.29, 1.82) is 0 Å². The van der Waals surface area contributed by atoms with Crippen molar-refractivity contribution in [2.24, 2.45) is 0 Å². The molecule has 31 heavy (non-hydrogen) atoms. The van der Waals surface area contributed by atoms with Crippen molar-refractivity contribution in [3.05, 3.63) is 23.9 Å².